The molecule has 4 nitrogen and oxygen atoms in total. The molecule has 3 aromatic carbocycles. The largest absolute Gasteiger partial charge is 0.478 e. The number of hydrogen-bond donors (Lipinski definition) is 0. The Balaban J connectivity index is 1.58. The van der Waals surface area contributed by atoms with Gasteiger partial charge >= 0.3 is 0 Å². The number of hydrogen-bond acceptors (Lipinski definition) is 3. The maximum absolute atomic E-state index is 12.9. The number of nitrogens with zero attached hydrogens (tertiary/aromatic N) is 2. The molecule has 0 aromatic heterocycles. The molecule has 0 bridgehead atoms. The van der Waals surface area contributed by atoms with Crippen LogP contribution in [-0.4, -0.2) is 29.3 Å². The summed E-state index contributed by atoms with van der Waals surface area (Å²) >= 11 is 0. The van der Waals surface area contributed by atoms with Crippen molar-refractivity contribution in [2.24, 2.45) is 5.10 Å². The van der Waals surface area contributed by atoms with Crippen molar-refractivity contribution in [1.29, 1.82) is 0 Å². The SMILES string of the molecule is CC(/C=N\N1C(=O)[C@@H](Oc2ccccc2)[C@H]1/C(C)=C/c1ccccc1)=C\c1ccccc1. The number of amides is 1. The summed E-state index contributed by atoms with van der Waals surface area (Å²) in [5.41, 5.74) is 4.14. The predicted octanol–water partition coefficient (Wildman–Crippen LogP) is 5.84. The molecular formula is C28H26N2O2. The fourth-order valence-electron chi connectivity index (χ4n) is 3.67. The van der Waals surface area contributed by atoms with E-state index in [0.29, 0.717) is 5.75 Å². The van der Waals surface area contributed by atoms with Gasteiger partial charge in [-0.15, -0.1) is 0 Å². The highest BCUT2D eigenvalue weighted by Crippen LogP contribution is 2.31. The Bertz CT molecular complexity index is 1140. The zero-order chi connectivity index (χ0) is 22.3. The number of carbonyl (C=O) groups is 1. The van der Waals surface area contributed by atoms with Gasteiger partial charge in [-0.05, 0) is 48.3 Å². The maximum Gasteiger partial charge on any atom is 0.287 e. The normalized spacial score (nSPS) is 19.2. The molecule has 3 aromatic rings. The molecule has 32 heavy (non-hydrogen) atoms. The van der Waals surface area contributed by atoms with Gasteiger partial charge in [0.15, 0.2) is 0 Å². The van der Waals surface area contributed by atoms with E-state index < -0.39 is 6.10 Å². The number of benzene rings is 3. The van der Waals surface area contributed by atoms with Gasteiger partial charge in [-0.3, -0.25) is 4.79 Å². The summed E-state index contributed by atoms with van der Waals surface area (Å²) in [7, 11) is 0. The zero-order valence-corrected chi connectivity index (χ0v) is 18.3. The topological polar surface area (TPSA) is 41.9 Å². The van der Waals surface area contributed by atoms with Crippen LogP contribution in [0.1, 0.15) is 25.0 Å². The summed E-state index contributed by atoms with van der Waals surface area (Å²) in [5.74, 6) is 0.524. The molecule has 4 heteroatoms. The third-order valence-corrected chi connectivity index (χ3v) is 5.27. The monoisotopic (exact) mass is 422 g/mol. The van der Waals surface area contributed by atoms with Gasteiger partial charge in [0, 0.05) is 0 Å². The van der Waals surface area contributed by atoms with Crippen LogP contribution >= 0.6 is 0 Å². The molecule has 1 aliphatic heterocycles. The number of allylic oxidation sites excluding steroid dienone is 1. The summed E-state index contributed by atoms with van der Waals surface area (Å²) in [4.78, 5) is 12.9. The molecule has 1 saturated heterocycles. The second kappa shape index (κ2) is 9.92. The van der Waals surface area contributed by atoms with Gasteiger partial charge in [0.1, 0.15) is 11.8 Å². The summed E-state index contributed by atoms with van der Waals surface area (Å²) in [6.07, 6.45) is 5.24. The standard InChI is InChI=1S/C28H26N2O2/c1-21(18-23-12-6-3-7-13-23)20-29-30-26(22(2)19-24-14-8-4-9-15-24)27(28(30)31)32-25-16-10-5-11-17-25/h3-20,26-27H,1-2H3/b21-18+,22-19+,29-20-/t26-,27+/m1/s1. The van der Waals surface area contributed by atoms with Gasteiger partial charge < -0.3 is 4.74 Å². The molecule has 0 saturated carbocycles. The Hall–Kier alpha value is -3.92. The minimum Gasteiger partial charge on any atom is -0.478 e. The summed E-state index contributed by atoms with van der Waals surface area (Å²) < 4.78 is 6.05. The Kier molecular flexibility index (Phi) is 6.61. The molecule has 0 unspecified atom stereocenters. The number of β-lactam (4-membered cyclic amide) rings is 1. The van der Waals surface area contributed by atoms with Gasteiger partial charge in [0.2, 0.25) is 6.10 Å². The molecule has 0 radical (unpaired) electrons. The van der Waals surface area contributed by atoms with Crippen LogP contribution in [0.25, 0.3) is 12.2 Å². The number of ether oxygens (including phenoxy) is 1. The third kappa shape index (κ3) is 5.03. The van der Waals surface area contributed by atoms with Crippen LogP contribution in [0.3, 0.4) is 0 Å². The van der Waals surface area contributed by atoms with Crippen molar-refractivity contribution >= 4 is 24.3 Å². The van der Waals surface area contributed by atoms with Crippen molar-refractivity contribution in [2.45, 2.75) is 26.0 Å². The van der Waals surface area contributed by atoms with Gasteiger partial charge in [0.05, 0.1) is 6.21 Å². The van der Waals surface area contributed by atoms with Crippen LogP contribution in [-0.2, 0) is 4.79 Å². The van der Waals surface area contributed by atoms with Crippen LogP contribution in [0.15, 0.2) is 107 Å². The van der Waals surface area contributed by atoms with Crippen molar-refractivity contribution in [3.05, 3.63) is 113 Å². The molecular weight excluding hydrogens is 396 g/mol. The average Bonchev–Trinajstić information content (AvgIpc) is 2.82. The highest BCUT2D eigenvalue weighted by molar-refractivity contribution is 5.92. The van der Waals surface area contributed by atoms with E-state index in [-0.39, 0.29) is 11.9 Å². The first-order valence-corrected chi connectivity index (χ1v) is 10.7. The minimum absolute atomic E-state index is 0.150. The molecule has 160 valence electrons. The van der Waals surface area contributed by atoms with Crippen molar-refractivity contribution < 1.29 is 9.53 Å². The van der Waals surface area contributed by atoms with E-state index in [1.165, 1.54) is 5.01 Å². The van der Waals surface area contributed by atoms with Crippen LogP contribution in [0.4, 0.5) is 0 Å². The van der Waals surface area contributed by atoms with Crippen LogP contribution in [0.2, 0.25) is 0 Å². The van der Waals surface area contributed by atoms with E-state index in [4.69, 9.17) is 4.74 Å². The first-order valence-electron chi connectivity index (χ1n) is 10.7. The molecule has 1 aliphatic rings. The lowest BCUT2D eigenvalue weighted by atomic mass is 9.92. The molecule has 1 fully saturated rings. The van der Waals surface area contributed by atoms with E-state index in [1.807, 2.05) is 111 Å². The summed E-state index contributed by atoms with van der Waals surface area (Å²) in [5, 5.41) is 6.03. The lowest BCUT2D eigenvalue weighted by molar-refractivity contribution is -0.160. The van der Waals surface area contributed by atoms with E-state index in [0.717, 1.165) is 22.3 Å². The quantitative estimate of drug-likeness (QED) is 0.355. The van der Waals surface area contributed by atoms with E-state index in [2.05, 4.69) is 11.2 Å². The number of hydrazone groups is 1. The molecule has 2 atom stereocenters. The van der Waals surface area contributed by atoms with Gasteiger partial charge in [-0.25, -0.2) is 5.01 Å². The second-order valence-corrected chi connectivity index (χ2v) is 7.82. The molecule has 1 heterocycles. The first kappa shape index (κ1) is 21.3. The zero-order valence-electron chi connectivity index (χ0n) is 18.3. The molecule has 0 N–H and O–H groups in total. The second-order valence-electron chi connectivity index (χ2n) is 7.82. The minimum atomic E-state index is -0.604. The molecule has 1 amide bonds. The summed E-state index contributed by atoms with van der Waals surface area (Å²) in [6, 6.07) is 29.3. The Morgan fingerprint density at radius 2 is 1.34 bits per heavy atom. The Morgan fingerprint density at radius 1 is 0.812 bits per heavy atom. The number of para-hydroxylation sites is 1. The van der Waals surface area contributed by atoms with Gasteiger partial charge in [-0.2, -0.15) is 5.10 Å². The lowest BCUT2D eigenvalue weighted by Crippen LogP contribution is -2.65. The summed E-state index contributed by atoms with van der Waals surface area (Å²) in [6.45, 7) is 3.99. The van der Waals surface area contributed by atoms with E-state index in [9.17, 15) is 4.79 Å². The average molecular weight is 423 g/mol. The predicted molar refractivity (Wildman–Crippen MR) is 130 cm³/mol. The highest BCUT2D eigenvalue weighted by Gasteiger charge is 2.50. The van der Waals surface area contributed by atoms with Gasteiger partial charge in [-0.1, -0.05) is 91.0 Å². The smallest absolute Gasteiger partial charge is 0.287 e. The van der Waals surface area contributed by atoms with Crippen molar-refractivity contribution in [1.82, 2.24) is 5.01 Å². The van der Waals surface area contributed by atoms with Crippen molar-refractivity contribution in [3.8, 4) is 5.75 Å². The Labute approximate surface area is 189 Å². The number of carbonyl (C=O) groups excluding carboxylic acids is 1. The van der Waals surface area contributed by atoms with Crippen LogP contribution < -0.4 is 4.74 Å². The third-order valence-electron chi connectivity index (χ3n) is 5.27. The van der Waals surface area contributed by atoms with E-state index in [1.54, 1.807) is 6.21 Å². The first-order chi connectivity index (χ1) is 15.6. The molecule has 4 rings (SSSR count). The Morgan fingerprint density at radius 3 is 1.94 bits per heavy atom. The van der Waals surface area contributed by atoms with Crippen LogP contribution in [0.5, 0.6) is 5.75 Å². The molecule has 0 aliphatic carbocycles. The van der Waals surface area contributed by atoms with Crippen molar-refractivity contribution in [2.75, 3.05) is 0 Å². The molecule has 0 spiro atoms. The number of rotatable bonds is 7. The lowest BCUT2D eigenvalue weighted by Gasteiger charge is -2.43. The fourth-order valence-corrected chi connectivity index (χ4v) is 3.67. The fraction of sp³-hybridized carbons (Fsp3) is 0.143. The van der Waals surface area contributed by atoms with Crippen molar-refractivity contribution in [3.63, 3.8) is 0 Å². The highest BCUT2D eigenvalue weighted by atomic mass is 16.5. The van der Waals surface area contributed by atoms with E-state index >= 15 is 0 Å². The van der Waals surface area contributed by atoms with Crippen LogP contribution in [0, 0.1) is 0 Å². The maximum atomic E-state index is 12.9. The van der Waals surface area contributed by atoms with Gasteiger partial charge in [0.25, 0.3) is 5.91 Å².